The predicted molar refractivity (Wildman–Crippen MR) is 68.7 cm³/mol. The molecule has 3 rings (SSSR count). The minimum absolute atomic E-state index is 0.685. The van der Waals surface area contributed by atoms with Gasteiger partial charge in [-0.1, -0.05) is 49.4 Å². The van der Waals surface area contributed by atoms with Crippen LogP contribution in [0, 0.1) is 5.92 Å². The second-order valence-electron chi connectivity index (χ2n) is 4.85. The lowest BCUT2D eigenvalue weighted by atomic mass is 9.89. The number of fused-ring (bicyclic) bond motifs is 1. The number of benzene rings is 2. The van der Waals surface area contributed by atoms with Gasteiger partial charge in [0.05, 0.1) is 0 Å². The van der Waals surface area contributed by atoms with Crippen LogP contribution in [0.15, 0.2) is 42.5 Å². The Morgan fingerprint density at radius 2 is 1.81 bits per heavy atom. The van der Waals surface area contributed by atoms with E-state index in [1.54, 1.807) is 0 Å². The number of rotatable bonds is 1. The van der Waals surface area contributed by atoms with E-state index in [-0.39, 0.29) is 0 Å². The van der Waals surface area contributed by atoms with Gasteiger partial charge in [-0.25, -0.2) is 0 Å². The van der Waals surface area contributed by atoms with Gasteiger partial charge in [0.2, 0.25) is 0 Å². The van der Waals surface area contributed by atoms with Crippen molar-refractivity contribution in [2.75, 3.05) is 13.1 Å². The maximum Gasteiger partial charge on any atom is 0.00233 e. The van der Waals surface area contributed by atoms with Crippen LogP contribution in [0.4, 0.5) is 0 Å². The maximum atomic E-state index is 3.47. The molecule has 2 aromatic carbocycles. The lowest BCUT2D eigenvalue weighted by Crippen LogP contribution is -2.07. The van der Waals surface area contributed by atoms with Crippen molar-refractivity contribution >= 4 is 10.8 Å². The first-order chi connectivity index (χ1) is 7.84. The normalized spacial score (nSPS) is 25.1. The molecule has 1 unspecified atom stereocenters. The molecule has 1 fully saturated rings. The number of hydrogen-bond acceptors (Lipinski definition) is 1. The molecular formula is C15H17N. The van der Waals surface area contributed by atoms with Crippen LogP contribution < -0.4 is 5.32 Å². The molecule has 2 atom stereocenters. The van der Waals surface area contributed by atoms with Gasteiger partial charge in [0, 0.05) is 12.5 Å². The molecule has 1 N–H and O–H groups in total. The molecule has 0 bridgehead atoms. The number of hydrogen-bond donors (Lipinski definition) is 1. The summed E-state index contributed by atoms with van der Waals surface area (Å²) in [7, 11) is 0. The van der Waals surface area contributed by atoms with Crippen molar-refractivity contribution in [2.45, 2.75) is 12.8 Å². The summed E-state index contributed by atoms with van der Waals surface area (Å²) in [5.41, 5.74) is 1.48. The SMILES string of the molecule is CC1CNC[C@@H]1c1ccc2ccccc2c1. The molecule has 2 aromatic rings. The highest BCUT2D eigenvalue weighted by atomic mass is 14.9. The highest BCUT2D eigenvalue weighted by molar-refractivity contribution is 5.83. The van der Waals surface area contributed by atoms with Gasteiger partial charge in [0.1, 0.15) is 0 Å². The molecule has 1 saturated heterocycles. The van der Waals surface area contributed by atoms with Crippen LogP contribution >= 0.6 is 0 Å². The van der Waals surface area contributed by atoms with Crippen molar-refractivity contribution in [3.05, 3.63) is 48.0 Å². The molecule has 1 heteroatoms. The van der Waals surface area contributed by atoms with Crippen LogP contribution in [0.2, 0.25) is 0 Å². The minimum atomic E-state index is 0.685. The quantitative estimate of drug-likeness (QED) is 0.764. The average Bonchev–Trinajstić information content (AvgIpc) is 2.75. The fraction of sp³-hybridized carbons (Fsp3) is 0.333. The molecule has 0 radical (unpaired) electrons. The molecule has 82 valence electrons. The van der Waals surface area contributed by atoms with Gasteiger partial charge >= 0.3 is 0 Å². The molecule has 1 heterocycles. The fourth-order valence-electron chi connectivity index (χ4n) is 2.69. The third-order valence-electron chi connectivity index (χ3n) is 3.72. The van der Waals surface area contributed by atoms with E-state index < -0.39 is 0 Å². The summed E-state index contributed by atoms with van der Waals surface area (Å²) in [5, 5.41) is 6.17. The average molecular weight is 211 g/mol. The van der Waals surface area contributed by atoms with Crippen molar-refractivity contribution in [1.29, 1.82) is 0 Å². The highest BCUT2D eigenvalue weighted by Crippen LogP contribution is 2.29. The zero-order chi connectivity index (χ0) is 11.0. The van der Waals surface area contributed by atoms with Crippen molar-refractivity contribution in [2.24, 2.45) is 5.92 Å². The molecule has 0 aliphatic carbocycles. The Kier molecular flexibility index (Phi) is 2.41. The Morgan fingerprint density at radius 1 is 1.00 bits per heavy atom. The Hall–Kier alpha value is -1.34. The first-order valence-corrected chi connectivity index (χ1v) is 6.04. The lowest BCUT2D eigenvalue weighted by molar-refractivity contribution is 0.573. The Balaban J connectivity index is 2.04. The van der Waals surface area contributed by atoms with Gasteiger partial charge in [-0.15, -0.1) is 0 Å². The number of nitrogens with one attached hydrogen (secondary N) is 1. The smallest absolute Gasteiger partial charge is 0.00233 e. The molecule has 0 amide bonds. The summed E-state index contributed by atoms with van der Waals surface area (Å²) >= 11 is 0. The third kappa shape index (κ3) is 1.61. The van der Waals surface area contributed by atoms with Crippen molar-refractivity contribution in [3.8, 4) is 0 Å². The van der Waals surface area contributed by atoms with Gasteiger partial charge in [-0.3, -0.25) is 0 Å². The molecule has 0 saturated carbocycles. The standard InChI is InChI=1S/C15H17N/c1-11-9-16-10-15(11)14-7-6-12-4-2-3-5-13(12)8-14/h2-8,11,15-16H,9-10H2,1H3/t11?,15-/m0/s1. The van der Waals surface area contributed by atoms with Crippen LogP contribution in [0.5, 0.6) is 0 Å². The van der Waals surface area contributed by atoms with E-state index in [0.717, 1.165) is 19.0 Å². The predicted octanol–water partition coefficient (Wildman–Crippen LogP) is 3.16. The maximum absolute atomic E-state index is 3.47. The van der Waals surface area contributed by atoms with Gasteiger partial charge in [-0.05, 0) is 28.8 Å². The largest absolute Gasteiger partial charge is 0.316 e. The zero-order valence-electron chi connectivity index (χ0n) is 9.61. The molecule has 1 nitrogen and oxygen atoms in total. The third-order valence-corrected chi connectivity index (χ3v) is 3.72. The van der Waals surface area contributed by atoms with Gasteiger partial charge in [0.15, 0.2) is 0 Å². The molecule has 1 aliphatic rings. The van der Waals surface area contributed by atoms with Crippen LogP contribution in [-0.2, 0) is 0 Å². The van der Waals surface area contributed by atoms with Crippen LogP contribution in [0.1, 0.15) is 18.4 Å². The minimum Gasteiger partial charge on any atom is -0.316 e. The Morgan fingerprint density at radius 3 is 2.56 bits per heavy atom. The lowest BCUT2D eigenvalue weighted by Gasteiger charge is -2.15. The second-order valence-corrected chi connectivity index (χ2v) is 4.85. The van der Waals surface area contributed by atoms with Crippen molar-refractivity contribution in [1.82, 2.24) is 5.32 Å². The van der Waals surface area contributed by atoms with Crippen molar-refractivity contribution in [3.63, 3.8) is 0 Å². The van der Waals surface area contributed by atoms with E-state index in [4.69, 9.17) is 0 Å². The topological polar surface area (TPSA) is 12.0 Å². The molecule has 16 heavy (non-hydrogen) atoms. The van der Waals surface area contributed by atoms with E-state index in [0.29, 0.717) is 5.92 Å². The first-order valence-electron chi connectivity index (χ1n) is 6.04. The van der Waals surface area contributed by atoms with Crippen LogP contribution in [0.25, 0.3) is 10.8 Å². The summed E-state index contributed by atoms with van der Waals surface area (Å²) in [4.78, 5) is 0. The van der Waals surface area contributed by atoms with E-state index in [1.807, 2.05) is 0 Å². The summed E-state index contributed by atoms with van der Waals surface area (Å²) < 4.78 is 0. The molecule has 1 aliphatic heterocycles. The monoisotopic (exact) mass is 211 g/mol. The van der Waals surface area contributed by atoms with E-state index in [2.05, 4.69) is 54.7 Å². The summed E-state index contributed by atoms with van der Waals surface area (Å²) in [5.74, 6) is 1.44. The molecular weight excluding hydrogens is 194 g/mol. The summed E-state index contributed by atoms with van der Waals surface area (Å²) in [6.45, 7) is 4.61. The van der Waals surface area contributed by atoms with Crippen LogP contribution in [-0.4, -0.2) is 13.1 Å². The van der Waals surface area contributed by atoms with Gasteiger partial charge in [-0.2, -0.15) is 0 Å². The Labute approximate surface area is 96.5 Å². The van der Waals surface area contributed by atoms with E-state index in [1.165, 1.54) is 16.3 Å². The highest BCUT2D eigenvalue weighted by Gasteiger charge is 2.24. The molecule has 0 spiro atoms. The Bertz CT molecular complexity index is 504. The van der Waals surface area contributed by atoms with E-state index >= 15 is 0 Å². The summed E-state index contributed by atoms with van der Waals surface area (Å²) in [6, 6.07) is 15.5. The van der Waals surface area contributed by atoms with Crippen LogP contribution in [0.3, 0.4) is 0 Å². The van der Waals surface area contributed by atoms with Crippen molar-refractivity contribution < 1.29 is 0 Å². The first kappa shape index (κ1) is 9.86. The van der Waals surface area contributed by atoms with Gasteiger partial charge in [0.25, 0.3) is 0 Å². The zero-order valence-corrected chi connectivity index (χ0v) is 9.61. The van der Waals surface area contributed by atoms with E-state index in [9.17, 15) is 0 Å². The van der Waals surface area contributed by atoms with Gasteiger partial charge < -0.3 is 5.32 Å². The fourth-order valence-corrected chi connectivity index (χ4v) is 2.69. The second kappa shape index (κ2) is 3.91. The summed E-state index contributed by atoms with van der Waals surface area (Å²) in [6.07, 6.45) is 0. The molecule has 0 aromatic heterocycles.